The number of para-hydroxylation sites is 1. The maximum Gasteiger partial charge on any atom is 0.253 e. The van der Waals surface area contributed by atoms with Gasteiger partial charge in [-0.25, -0.2) is 13.4 Å². The van der Waals surface area contributed by atoms with Gasteiger partial charge in [-0.2, -0.15) is 9.57 Å². The van der Waals surface area contributed by atoms with Gasteiger partial charge in [-0.15, -0.1) is 0 Å². The van der Waals surface area contributed by atoms with E-state index in [1.54, 1.807) is 40.1 Å². The third-order valence-corrected chi connectivity index (χ3v) is 11.7. The maximum atomic E-state index is 14.1. The summed E-state index contributed by atoms with van der Waals surface area (Å²) in [5, 5.41) is 10.2. The number of amides is 2. The van der Waals surface area contributed by atoms with Crippen LogP contribution >= 0.6 is 23.2 Å². The molecule has 1 unspecified atom stereocenters. The van der Waals surface area contributed by atoms with Crippen LogP contribution in [0.25, 0.3) is 10.9 Å². The topological polar surface area (TPSA) is 124 Å². The highest BCUT2D eigenvalue weighted by Gasteiger charge is 2.43. The summed E-state index contributed by atoms with van der Waals surface area (Å²) in [6.45, 7) is 5.14. The van der Waals surface area contributed by atoms with Gasteiger partial charge < -0.3 is 14.5 Å². The molecule has 2 fully saturated rings. The molecular formula is C35H33Cl2N5O5S. The second kappa shape index (κ2) is 13.7. The second-order valence-electron chi connectivity index (χ2n) is 11.9. The van der Waals surface area contributed by atoms with Gasteiger partial charge >= 0.3 is 0 Å². The van der Waals surface area contributed by atoms with E-state index in [-0.39, 0.29) is 53.0 Å². The summed E-state index contributed by atoms with van der Waals surface area (Å²) < 4.78 is 35.5. The summed E-state index contributed by atoms with van der Waals surface area (Å²) in [7, 11) is -4.20. The van der Waals surface area contributed by atoms with Crippen molar-refractivity contribution >= 4 is 55.9 Å². The number of pyridine rings is 1. The van der Waals surface area contributed by atoms with Crippen molar-refractivity contribution in [3.8, 4) is 11.8 Å². The van der Waals surface area contributed by atoms with Crippen molar-refractivity contribution in [2.24, 2.45) is 0 Å². The Kier molecular flexibility index (Phi) is 9.63. The third kappa shape index (κ3) is 6.45. The van der Waals surface area contributed by atoms with Crippen LogP contribution in [-0.4, -0.2) is 78.1 Å². The summed E-state index contributed by atoms with van der Waals surface area (Å²) >= 11 is 13.3. The number of aryl methyl sites for hydroxylation is 2. The number of carbonyl (C=O) groups excluding carboxylic acids is 2. The zero-order chi connectivity index (χ0) is 34.2. The van der Waals surface area contributed by atoms with Crippen molar-refractivity contribution in [2.75, 3.05) is 32.7 Å². The van der Waals surface area contributed by atoms with E-state index in [0.29, 0.717) is 53.9 Å². The van der Waals surface area contributed by atoms with E-state index in [4.69, 9.17) is 33.2 Å². The lowest BCUT2D eigenvalue weighted by molar-refractivity contribution is -0.136. The molecule has 0 N–H and O–H groups in total. The smallest absolute Gasteiger partial charge is 0.253 e. The van der Waals surface area contributed by atoms with Crippen LogP contribution in [0.4, 0.5) is 0 Å². The molecule has 2 amide bonds. The summed E-state index contributed by atoms with van der Waals surface area (Å²) in [5.41, 5.74) is 3.82. The largest absolute Gasteiger partial charge is 0.487 e. The minimum absolute atomic E-state index is 0.0592. The molecule has 2 aliphatic heterocycles. The Balaban J connectivity index is 1.17. The molecule has 1 atom stereocenters. The van der Waals surface area contributed by atoms with Crippen molar-refractivity contribution in [2.45, 2.75) is 44.2 Å². The normalized spacial score (nSPS) is 17.0. The van der Waals surface area contributed by atoms with Crippen molar-refractivity contribution in [3.63, 3.8) is 0 Å². The van der Waals surface area contributed by atoms with E-state index in [9.17, 15) is 18.0 Å². The molecule has 0 bridgehead atoms. The van der Waals surface area contributed by atoms with E-state index in [1.807, 2.05) is 38.1 Å². The number of nitriles is 1. The summed E-state index contributed by atoms with van der Waals surface area (Å²) in [4.78, 5) is 34.5. The summed E-state index contributed by atoms with van der Waals surface area (Å²) in [6, 6.07) is 18.0. The molecule has 10 nitrogen and oxygen atoms in total. The van der Waals surface area contributed by atoms with Crippen molar-refractivity contribution in [1.82, 2.24) is 19.1 Å². The lowest BCUT2D eigenvalue weighted by Gasteiger charge is -2.37. The number of nitrogens with zero attached hydrogens (tertiary/aromatic N) is 5. The van der Waals surface area contributed by atoms with E-state index in [1.165, 1.54) is 16.4 Å². The molecule has 13 heteroatoms. The number of benzene rings is 3. The number of piperazine rings is 1. The third-order valence-electron chi connectivity index (χ3n) is 8.87. The van der Waals surface area contributed by atoms with Crippen LogP contribution in [-0.2, 0) is 21.4 Å². The molecule has 0 spiro atoms. The van der Waals surface area contributed by atoms with Crippen LogP contribution < -0.4 is 4.74 Å². The van der Waals surface area contributed by atoms with E-state index in [2.05, 4.69) is 4.98 Å². The second-order valence-corrected chi connectivity index (χ2v) is 14.6. The highest BCUT2D eigenvalue weighted by Crippen LogP contribution is 2.37. The Labute approximate surface area is 289 Å². The molecule has 2 saturated heterocycles. The molecule has 6 rings (SSSR count). The first-order chi connectivity index (χ1) is 23.0. The molecule has 0 radical (unpaired) electrons. The van der Waals surface area contributed by atoms with Crippen LogP contribution in [0.3, 0.4) is 0 Å². The molecule has 2 aliphatic rings. The first-order valence-electron chi connectivity index (χ1n) is 15.6. The predicted octanol–water partition coefficient (Wildman–Crippen LogP) is 5.75. The van der Waals surface area contributed by atoms with E-state index in [0.717, 1.165) is 16.6 Å². The van der Waals surface area contributed by atoms with Gasteiger partial charge in [0.1, 0.15) is 28.8 Å². The molecule has 48 heavy (non-hydrogen) atoms. The van der Waals surface area contributed by atoms with Crippen LogP contribution in [0.1, 0.15) is 45.6 Å². The molecule has 248 valence electrons. The number of carbonyl (C=O) groups is 2. The quantitative estimate of drug-likeness (QED) is 0.240. The Morgan fingerprint density at radius 1 is 0.979 bits per heavy atom. The van der Waals surface area contributed by atoms with Crippen LogP contribution in [0.15, 0.2) is 65.6 Å². The standard InChI is InChI=1S/C35H33Cl2N5O5S/c1-22-19-23(2)39-33-26(22)5-3-7-30(33)47-21-27-28(36)12-13-31(32(27)37)48(45,46)42-14-4-6-29(42)35(44)41-17-15-40(16-18-41)34(43)25-10-8-24(20-38)9-11-25/h3,5,7-13,19,29H,4,6,14-18,21H2,1-2H3. The number of fused-ring (bicyclic) bond motifs is 1. The number of sulfonamides is 1. The fraction of sp³-hybridized carbons (Fsp3) is 0.314. The minimum Gasteiger partial charge on any atom is -0.487 e. The number of hydrogen-bond donors (Lipinski definition) is 0. The van der Waals surface area contributed by atoms with E-state index < -0.39 is 16.1 Å². The average molecular weight is 707 g/mol. The van der Waals surface area contributed by atoms with Crippen molar-refractivity contribution in [1.29, 1.82) is 5.26 Å². The van der Waals surface area contributed by atoms with Gasteiger partial charge in [0.05, 0.1) is 16.7 Å². The van der Waals surface area contributed by atoms with Crippen molar-refractivity contribution in [3.05, 3.63) is 98.7 Å². The molecule has 3 heterocycles. The van der Waals surface area contributed by atoms with Gasteiger partial charge in [-0.1, -0.05) is 35.3 Å². The highest BCUT2D eigenvalue weighted by molar-refractivity contribution is 7.89. The van der Waals surface area contributed by atoms with Gasteiger partial charge in [0.15, 0.2) is 0 Å². The number of halogens is 2. The fourth-order valence-electron chi connectivity index (χ4n) is 6.34. The van der Waals surface area contributed by atoms with Gasteiger partial charge in [-0.05, 0) is 80.8 Å². The van der Waals surface area contributed by atoms with Crippen LogP contribution in [0, 0.1) is 25.2 Å². The molecular weight excluding hydrogens is 673 g/mol. The highest BCUT2D eigenvalue weighted by atomic mass is 35.5. The average Bonchev–Trinajstić information content (AvgIpc) is 3.59. The van der Waals surface area contributed by atoms with Crippen LogP contribution in [0.5, 0.6) is 5.75 Å². The lowest BCUT2D eigenvalue weighted by atomic mass is 10.1. The van der Waals surface area contributed by atoms with Crippen LogP contribution in [0.2, 0.25) is 10.0 Å². The maximum absolute atomic E-state index is 14.1. The number of ether oxygens (including phenoxy) is 1. The number of rotatable bonds is 7. The zero-order valence-corrected chi connectivity index (χ0v) is 28.8. The summed E-state index contributed by atoms with van der Waals surface area (Å²) in [6.07, 6.45) is 0.886. The fourth-order valence-corrected chi connectivity index (χ4v) is 8.86. The molecule has 4 aromatic rings. The molecule has 0 saturated carbocycles. The number of aromatic nitrogens is 1. The Hall–Kier alpha value is -4.21. The van der Waals surface area contributed by atoms with Gasteiger partial charge in [0, 0.05) is 60.0 Å². The molecule has 1 aromatic heterocycles. The number of hydrogen-bond acceptors (Lipinski definition) is 7. The van der Waals surface area contributed by atoms with Gasteiger partial charge in [0.2, 0.25) is 15.9 Å². The lowest BCUT2D eigenvalue weighted by Crippen LogP contribution is -2.55. The minimum atomic E-state index is -4.20. The zero-order valence-electron chi connectivity index (χ0n) is 26.4. The monoisotopic (exact) mass is 705 g/mol. The molecule has 0 aliphatic carbocycles. The predicted molar refractivity (Wildman–Crippen MR) is 183 cm³/mol. The molecule has 3 aromatic carbocycles. The SMILES string of the molecule is Cc1cc(C)c2cccc(OCc3c(Cl)ccc(S(=O)(=O)N4CCCC4C(=O)N4CCN(C(=O)c5ccc(C#N)cc5)CC4)c3Cl)c2n1. The first kappa shape index (κ1) is 33.7. The Bertz CT molecular complexity index is 2060. The Morgan fingerprint density at radius 3 is 2.40 bits per heavy atom. The Morgan fingerprint density at radius 2 is 1.69 bits per heavy atom. The van der Waals surface area contributed by atoms with Gasteiger partial charge in [-0.3, -0.25) is 9.59 Å². The van der Waals surface area contributed by atoms with E-state index >= 15 is 0 Å². The first-order valence-corrected chi connectivity index (χ1v) is 17.8. The van der Waals surface area contributed by atoms with Gasteiger partial charge in [0.25, 0.3) is 5.91 Å². The van der Waals surface area contributed by atoms with Crippen molar-refractivity contribution < 1.29 is 22.7 Å². The summed E-state index contributed by atoms with van der Waals surface area (Å²) in [5.74, 6) is 0.0311.